The van der Waals surface area contributed by atoms with Crippen LogP contribution in [0.5, 0.6) is 0 Å². The number of nitrogens with two attached hydrogens (primary N) is 1. The van der Waals surface area contributed by atoms with E-state index >= 15 is 0 Å². The predicted octanol–water partition coefficient (Wildman–Crippen LogP) is 1.58. The van der Waals surface area contributed by atoms with Gasteiger partial charge >= 0.3 is 0 Å². The van der Waals surface area contributed by atoms with Crippen molar-refractivity contribution in [2.45, 2.75) is 44.6 Å². The van der Waals surface area contributed by atoms with Gasteiger partial charge in [-0.2, -0.15) is 4.31 Å². The standard InChI is InChI=1S/C15H22N2O3S/c1-10-4-7-14(8-11(10)2)21(19,20)17-9-13(15(16)18)6-5-12(17)3/h4,7-8,12-13H,5-6,9H2,1-3H3,(H2,16,18)/t12-,13+/m1/s1. The van der Waals surface area contributed by atoms with E-state index in [2.05, 4.69) is 0 Å². The molecule has 2 N–H and O–H groups in total. The molecule has 6 heteroatoms. The quantitative estimate of drug-likeness (QED) is 0.920. The first-order chi connectivity index (χ1) is 9.73. The zero-order valence-electron chi connectivity index (χ0n) is 12.7. The molecular formula is C15H22N2O3S. The Hall–Kier alpha value is -1.40. The Labute approximate surface area is 126 Å². The minimum atomic E-state index is -3.59. The molecule has 1 aliphatic heterocycles. The van der Waals surface area contributed by atoms with Crippen molar-refractivity contribution in [2.75, 3.05) is 6.54 Å². The molecule has 1 saturated heterocycles. The molecule has 0 aliphatic carbocycles. The number of sulfonamides is 1. The lowest BCUT2D eigenvalue weighted by Crippen LogP contribution is -2.48. The molecule has 1 aromatic carbocycles. The van der Waals surface area contributed by atoms with E-state index in [1.54, 1.807) is 12.1 Å². The van der Waals surface area contributed by atoms with Gasteiger partial charge in [0.2, 0.25) is 15.9 Å². The van der Waals surface area contributed by atoms with Crippen LogP contribution in [0.4, 0.5) is 0 Å². The van der Waals surface area contributed by atoms with Crippen molar-refractivity contribution in [3.05, 3.63) is 29.3 Å². The maximum atomic E-state index is 12.8. The van der Waals surface area contributed by atoms with Crippen LogP contribution in [0.3, 0.4) is 0 Å². The fourth-order valence-corrected chi connectivity index (χ4v) is 4.44. The third-order valence-corrected chi connectivity index (χ3v) is 6.29. The van der Waals surface area contributed by atoms with Gasteiger partial charge in [0, 0.05) is 12.6 Å². The molecule has 1 aromatic rings. The van der Waals surface area contributed by atoms with Crippen LogP contribution in [0.2, 0.25) is 0 Å². The number of hydrogen-bond donors (Lipinski definition) is 1. The van der Waals surface area contributed by atoms with E-state index in [-0.39, 0.29) is 17.5 Å². The first-order valence-electron chi connectivity index (χ1n) is 7.12. The van der Waals surface area contributed by atoms with Gasteiger partial charge in [0.05, 0.1) is 10.8 Å². The second-order valence-electron chi connectivity index (χ2n) is 5.85. The SMILES string of the molecule is Cc1ccc(S(=O)(=O)N2C[C@@H](C(N)=O)CC[C@H]2C)cc1C. The zero-order valence-corrected chi connectivity index (χ0v) is 13.5. The molecule has 0 aromatic heterocycles. The van der Waals surface area contributed by atoms with Crippen LogP contribution in [-0.2, 0) is 14.8 Å². The molecule has 2 rings (SSSR count). The van der Waals surface area contributed by atoms with Crippen molar-refractivity contribution in [3.63, 3.8) is 0 Å². The third-order valence-electron chi connectivity index (χ3n) is 4.31. The average Bonchev–Trinajstić information content (AvgIpc) is 2.41. The van der Waals surface area contributed by atoms with Crippen LogP contribution in [-0.4, -0.2) is 31.2 Å². The zero-order chi connectivity index (χ0) is 15.8. The fraction of sp³-hybridized carbons (Fsp3) is 0.533. The number of carbonyl (C=O) groups excluding carboxylic acids is 1. The van der Waals surface area contributed by atoms with Crippen molar-refractivity contribution in [3.8, 4) is 0 Å². The highest BCUT2D eigenvalue weighted by atomic mass is 32.2. The smallest absolute Gasteiger partial charge is 0.243 e. The number of primary amides is 1. The first kappa shape index (κ1) is 16.0. The summed E-state index contributed by atoms with van der Waals surface area (Å²) >= 11 is 0. The number of aryl methyl sites for hydroxylation is 2. The highest BCUT2D eigenvalue weighted by molar-refractivity contribution is 7.89. The van der Waals surface area contributed by atoms with Crippen molar-refractivity contribution in [1.29, 1.82) is 0 Å². The number of piperidine rings is 1. The van der Waals surface area contributed by atoms with Crippen LogP contribution < -0.4 is 5.73 Å². The molecule has 1 heterocycles. The lowest BCUT2D eigenvalue weighted by molar-refractivity contribution is -0.123. The predicted molar refractivity (Wildman–Crippen MR) is 81.2 cm³/mol. The van der Waals surface area contributed by atoms with Crippen LogP contribution in [0, 0.1) is 19.8 Å². The summed E-state index contributed by atoms with van der Waals surface area (Å²) in [6.45, 7) is 5.88. The molecule has 0 spiro atoms. The van der Waals surface area contributed by atoms with E-state index in [0.29, 0.717) is 12.8 Å². The molecule has 2 atom stereocenters. The normalized spacial score (nSPS) is 24.0. The Morgan fingerprint density at radius 2 is 1.90 bits per heavy atom. The molecule has 116 valence electrons. The van der Waals surface area contributed by atoms with E-state index in [4.69, 9.17) is 5.73 Å². The van der Waals surface area contributed by atoms with Gasteiger partial charge in [-0.05, 0) is 56.9 Å². The van der Waals surface area contributed by atoms with Crippen LogP contribution in [0.1, 0.15) is 30.9 Å². The summed E-state index contributed by atoms with van der Waals surface area (Å²) in [5, 5.41) is 0. The van der Waals surface area contributed by atoms with Gasteiger partial charge in [0.15, 0.2) is 0 Å². The summed E-state index contributed by atoms with van der Waals surface area (Å²) in [6.07, 6.45) is 1.30. The van der Waals surface area contributed by atoms with Gasteiger partial charge in [-0.3, -0.25) is 4.79 Å². The van der Waals surface area contributed by atoms with Crippen molar-refractivity contribution in [2.24, 2.45) is 11.7 Å². The molecule has 1 aliphatic rings. The number of benzene rings is 1. The number of amides is 1. The van der Waals surface area contributed by atoms with E-state index in [1.165, 1.54) is 4.31 Å². The van der Waals surface area contributed by atoms with Crippen molar-refractivity contribution < 1.29 is 13.2 Å². The van der Waals surface area contributed by atoms with Crippen LogP contribution in [0.25, 0.3) is 0 Å². The second-order valence-corrected chi connectivity index (χ2v) is 7.74. The van der Waals surface area contributed by atoms with Gasteiger partial charge in [-0.1, -0.05) is 6.07 Å². The number of hydrogen-bond acceptors (Lipinski definition) is 3. The van der Waals surface area contributed by atoms with Gasteiger partial charge < -0.3 is 5.73 Å². The summed E-state index contributed by atoms with van der Waals surface area (Å²) in [4.78, 5) is 11.6. The minimum absolute atomic E-state index is 0.118. The number of nitrogens with zero attached hydrogens (tertiary/aromatic N) is 1. The van der Waals surface area contributed by atoms with E-state index in [0.717, 1.165) is 11.1 Å². The molecule has 0 radical (unpaired) electrons. The monoisotopic (exact) mass is 310 g/mol. The van der Waals surface area contributed by atoms with Gasteiger partial charge in [-0.25, -0.2) is 8.42 Å². The van der Waals surface area contributed by atoms with E-state index < -0.39 is 21.8 Å². The number of rotatable bonds is 3. The Bertz CT molecular complexity index is 655. The molecule has 0 bridgehead atoms. The Morgan fingerprint density at radius 1 is 1.24 bits per heavy atom. The Balaban J connectivity index is 2.36. The molecule has 21 heavy (non-hydrogen) atoms. The summed E-state index contributed by atoms with van der Waals surface area (Å²) < 4.78 is 27.0. The summed E-state index contributed by atoms with van der Waals surface area (Å²) in [6, 6.07) is 5.00. The molecule has 1 fully saturated rings. The van der Waals surface area contributed by atoms with Crippen molar-refractivity contribution >= 4 is 15.9 Å². The maximum Gasteiger partial charge on any atom is 0.243 e. The Morgan fingerprint density at radius 3 is 2.48 bits per heavy atom. The molecular weight excluding hydrogens is 288 g/mol. The molecule has 1 amide bonds. The van der Waals surface area contributed by atoms with E-state index in [1.807, 2.05) is 26.8 Å². The summed E-state index contributed by atoms with van der Waals surface area (Å²) in [5.41, 5.74) is 7.33. The first-order valence-corrected chi connectivity index (χ1v) is 8.56. The minimum Gasteiger partial charge on any atom is -0.369 e. The van der Waals surface area contributed by atoms with Crippen LogP contribution >= 0.6 is 0 Å². The maximum absolute atomic E-state index is 12.8. The molecule has 5 nitrogen and oxygen atoms in total. The lowest BCUT2D eigenvalue weighted by atomic mass is 9.95. The highest BCUT2D eigenvalue weighted by Crippen LogP contribution is 2.28. The van der Waals surface area contributed by atoms with Gasteiger partial charge in [0.1, 0.15) is 0 Å². The topological polar surface area (TPSA) is 80.5 Å². The summed E-state index contributed by atoms with van der Waals surface area (Å²) in [5.74, 6) is -0.829. The van der Waals surface area contributed by atoms with E-state index in [9.17, 15) is 13.2 Å². The van der Waals surface area contributed by atoms with Crippen molar-refractivity contribution in [1.82, 2.24) is 4.31 Å². The molecule has 0 unspecified atom stereocenters. The summed E-state index contributed by atoms with van der Waals surface area (Å²) in [7, 11) is -3.59. The third kappa shape index (κ3) is 3.11. The number of carbonyl (C=O) groups is 1. The molecule has 0 saturated carbocycles. The average molecular weight is 310 g/mol. The largest absolute Gasteiger partial charge is 0.369 e. The second kappa shape index (κ2) is 5.77. The highest BCUT2D eigenvalue weighted by Gasteiger charge is 2.36. The fourth-order valence-electron chi connectivity index (χ4n) is 2.65. The lowest BCUT2D eigenvalue weighted by Gasteiger charge is -2.35. The van der Waals surface area contributed by atoms with Crippen LogP contribution in [0.15, 0.2) is 23.1 Å². The Kier molecular flexibility index (Phi) is 4.39. The van der Waals surface area contributed by atoms with Gasteiger partial charge in [0.25, 0.3) is 0 Å². The van der Waals surface area contributed by atoms with Gasteiger partial charge in [-0.15, -0.1) is 0 Å².